The molecule has 0 saturated heterocycles. The second kappa shape index (κ2) is 5.84. The van der Waals surface area contributed by atoms with Crippen LogP contribution >= 0.6 is 0 Å². The van der Waals surface area contributed by atoms with Gasteiger partial charge in [0, 0.05) is 13.6 Å². The molecule has 0 spiro atoms. The standard InChI is InChI=1S/C15H17FN4O2/c1-19(9-14(21)10-2-3-10)15(22)13-8-20(18-17-13)12-6-4-11(16)5-7-12/h4-8,10,14,21H,2-3,9H2,1H3. The lowest BCUT2D eigenvalue weighted by atomic mass is 10.2. The van der Waals surface area contributed by atoms with E-state index in [0.717, 1.165) is 12.8 Å². The molecule has 1 aromatic carbocycles. The lowest BCUT2D eigenvalue weighted by molar-refractivity contribution is 0.0640. The molecule has 1 heterocycles. The van der Waals surface area contributed by atoms with Gasteiger partial charge in [-0.15, -0.1) is 5.10 Å². The monoisotopic (exact) mass is 304 g/mol. The Morgan fingerprint density at radius 1 is 1.45 bits per heavy atom. The smallest absolute Gasteiger partial charge is 0.275 e. The molecular weight excluding hydrogens is 287 g/mol. The number of hydrogen-bond donors (Lipinski definition) is 1. The van der Waals surface area contributed by atoms with Crippen LogP contribution in [0.5, 0.6) is 0 Å². The number of amides is 1. The van der Waals surface area contributed by atoms with Gasteiger partial charge in [0.1, 0.15) is 5.82 Å². The highest BCUT2D eigenvalue weighted by Gasteiger charge is 2.31. The molecule has 1 atom stereocenters. The zero-order chi connectivity index (χ0) is 15.7. The molecule has 1 aliphatic rings. The van der Waals surface area contributed by atoms with Gasteiger partial charge in [0.05, 0.1) is 18.0 Å². The summed E-state index contributed by atoms with van der Waals surface area (Å²) in [6.07, 6.45) is 3.05. The molecule has 1 N–H and O–H groups in total. The van der Waals surface area contributed by atoms with Crippen molar-refractivity contribution in [3.8, 4) is 5.69 Å². The Morgan fingerprint density at radius 3 is 2.77 bits per heavy atom. The highest BCUT2D eigenvalue weighted by atomic mass is 19.1. The molecule has 0 aliphatic heterocycles. The van der Waals surface area contributed by atoms with E-state index in [1.54, 1.807) is 19.2 Å². The summed E-state index contributed by atoms with van der Waals surface area (Å²) in [5.41, 5.74) is 0.809. The molecule has 116 valence electrons. The molecule has 7 heteroatoms. The maximum Gasteiger partial charge on any atom is 0.275 e. The van der Waals surface area contributed by atoms with Gasteiger partial charge in [-0.05, 0) is 43.0 Å². The third-order valence-corrected chi connectivity index (χ3v) is 3.78. The van der Waals surface area contributed by atoms with Gasteiger partial charge in [-0.25, -0.2) is 9.07 Å². The zero-order valence-electron chi connectivity index (χ0n) is 12.2. The summed E-state index contributed by atoms with van der Waals surface area (Å²) in [7, 11) is 1.63. The Balaban J connectivity index is 1.69. The van der Waals surface area contributed by atoms with Crippen LogP contribution in [-0.4, -0.2) is 50.6 Å². The molecule has 0 radical (unpaired) electrons. The van der Waals surface area contributed by atoms with Crippen LogP contribution in [-0.2, 0) is 0 Å². The second-order valence-electron chi connectivity index (χ2n) is 5.62. The summed E-state index contributed by atoms with van der Waals surface area (Å²) in [5.74, 6) is -0.327. The average molecular weight is 304 g/mol. The van der Waals surface area contributed by atoms with Crippen molar-refractivity contribution >= 4 is 5.91 Å². The Kier molecular flexibility index (Phi) is 3.89. The number of carbonyl (C=O) groups excluding carboxylic acids is 1. The van der Waals surface area contributed by atoms with Crippen molar-refractivity contribution in [1.82, 2.24) is 19.9 Å². The van der Waals surface area contributed by atoms with Gasteiger partial charge in [0.25, 0.3) is 5.91 Å². The summed E-state index contributed by atoms with van der Waals surface area (Å²) >= 11 is 0. The topological polar surface area (TPSA) is 71.2 Å². The van der Waals surface area contributed by atoms with Crippen LogP contribution in [0.1, 0.15) is 23.3 Å². The number of halogens is 1. The minimum absolute atomic E-state index is 0.190. The van der Waals surface area contributed by atoms with Gasteiger partial charge in [0.2, 0.25) is 0 Å². The molecule has 6 nitrogen and oxygen atoms in total. The van der Waals surface area contributed by atoms with Crippen molar-refractivity contribution in [2.45, 2.75) is 18.9 Å². The number of benzene rings is 1. The lowest BCUT2D eigenvalue weighted by Crippen LogP contribution is -2.35. The Hall–Kier alpha value is -2.28. The van der Waals surface area contributed by atoms with Gasteiger partial charge >= 0.3 is 0 Å². The van der Waals surface area contributed by atoms with Crippen LogP contribution < -0.4 is 0 Å². The Labute approximate surface area is 127 Å². The molecule has 1 unspecified atom stereocenters. The SMILES string of the molecule is CN(CC(O)C1CC1)C(=O)c1cn(-c2ccc(F)cc2)nn1. The first kappa shape index (κ1) is 14.6. The number of aliphatic hydroxyl groups excluding tert-OH is 1. The quantitative estimate of drug-likeness (QED) is 0.902. The van der Waals surface area contributed by atoms with E-state index >= 15 is 0 Å². The van der Waals surface area contributed by atoms with Gasteiger partial charge in [-0.2, -0.15) is 0 Å². The number of aromatic nitrogens is 3. The van der Waals surface area contributed by atoms with Crippen molar-refractivity contribution < 1.29 is 14.3 Å². The van der Waals surface area contributed by atoms with E-state index in [1.165, 1.54) is 27.9 Å². The molecule has 1 aromatic heterocycles. The number of likely N-dealkylation sites (N-methyl/N-ethyl adjacent to an activating group) is 1. The fourth-order valence-electron chi connectivity index (χ4n) is 2.27. The molecule has 0 bridgehead atoms. The van der Waals surface area contributed by atoms with Crippen LogP contribution in [0.3, 0.4) is 0 Å². The van der Waals surface area contributed by atoms with Crippen molar-refractivity contribution in [3.63, 3.8) is 0 Å². The van der Waals surface area contributed by atoms with E-state index in [9.17, 15) is 14.3 Å². The van der Waals surface area contributed by atoms with E-state index < -0.39 is 6.10 Å². The van der Waals surface area contributed by atoms with Gasteiger partial charge < -0.3 is 10.0 Å². The largest absolute Gasteiger partial charge is 0.391 e. The normalized spacial score (nSPS) is 15.6. The number of rotatable bonds is 5. The van der Waals surface area contributed by atoms with E-state index in [1.807, 2.05) is 0 Å². The van der Waals surface area contributed by atoms with Gasteiger partial charge in [-0.1, -0.05) is 5.21 Å². The minimum atomic E-state index is -0.485. The molecule has 1 fully saturated rings. The third-order valence-electron chi connectivity index (χ3n) is 3.78. The van der Waals surface area contributed by atoms with Crippen molar-refractivity contribution in [3.05, 3.63) is 42.0 Å². The maximum absolute atomic E-state index is 12.9. The number of aliphatic hydroxyl groups is 1. The summed E-state index contributed by atoms with van der Waals surface area (Å²) in [5, 5.41) is 17.6. The van der Waals surface area contributed by atoms with Crippen LogP contribution in [0, 0.1) is 11.7 Å². The van der Waals surface area contributed by atoms with Crippen LogP contribution in [0.15, 0.2) is 30.5 Å². The molecule has 1 amide bonds. The van der Waals surface area contributed by atoms with Crippen molar-refractivity contribution in [2.24, 2.45) is 5.92 Å². The molecule has 2 aromatic rings. The summed E-state index contributed by atoms with van der Waals surface area (Å²) in [6.45, 7) is 0.285. The first-order chi connectivity index (χ1) is 10.5. The van der Waals surface area contributed by atoms with E-state index in [2.05, 4.69) is 10.3 Å². The first-order valence-electron chi connectivity index (χ1n) is 7.16. The molecular formula is C15H17FN4O2. The van der Waals surface area contributed by atoms with Crippen molar-refractivity contribution in [1.29, 1.82) is 0 Å². The fourth-order valence-corrected chi connectivity index (χ4v) is 2.27. The Bertz CT molecular complexity index is 666. The predicted molar refractivity (Wildman–Crippen MR) is 77.0 cm³/mol. The lowest BCUT2D eigenvalue weighted by Gasteiger charge is -2.19. The minimum Gasteiger partial charge on any atom is -0.391 e. The average Bonchev–Trinajstić information content (AvgIpc) is 3.25. The molecule has 1 saturated carbocycles. The van der Waals surface area contributed by atoms with E-state index in [0.29, 0.717) is 11.6 Å². The highest BCUT2D eigenvalue weighted by molar-refractivity contribution is 5.91. The number of nitrogens with zero attached hydrogens (tertiary/aromatic N) is 4. The van der Waals surface area contributed by atoms with Gasteiger partial charge in [0.15, 0.2) is 5.69 Å². The maximum atomic E-state index is 12.9. The van der Waals surface area contributed by atoms with Crippen LogP contribution in [0.25, 0.3) is 5.69 Å². The molecule has 22 heavy (non-hydrogen) atoms. The number of carbonyl (C=O) groups is 1. The summed E-state index contributed by atoms with van der Waals surface area (Å²) in [6, 6.07) is 5.74. The highest BCUT2D eigenvalue weighted by Crippen LogP contribution is 2.32. The second-order valence-corrected chi connectivity index (χ2v) is 5.62. The Morgan fingerprint density at radius 2 is 2.14 bits per heavy atom. The first-order valence-corrected chi connectivity index (χ1v) is 7.16. The summed E-state index contributed by atoms with van der Waals surface area (Å²) in [4.78, 5) is 13.7. The third kappa shape index (κ3) is 3.14. The predicted octanol–water partition coefficient (Wildman–Crippen LogP) is 1.25. The molecule has 3 rings (SSSR count). The summed E-state index contributed by atoms with van der Waals surface area (Å²) < 4.78 is 14.3. The van der Waals surface area contributed by atoms with E-state index in [-0.39, 0.29) is 24.0 Å². The zero-order valence-corrected chi connectivity index (χ0v) is 12.2. The fraction of sp³-hybridized carbons (Fsp3) is 0.400. The van der Waals surface area contributed by atoms with Crippen LogP contribution in [0.4, 0.5) is 4.39 Å². The van der Waals surface area contributed by atoms with Crippen LogP contribution in [0.2, 0.25) is 0 Å². The van der Waals surface area contributed by atoms with E-state index in [4.69, 9.17) is 0 Å². The number of hydrogen-bond acceptors (Lipinski definition) is 4. The van der Waals surface area contributed by atoms with Crippen molar-refractivity contribution in [2.75, 3.05) is 13.6 Å². The molecule has 1 aliphatic carbocycles. The van der Waals surface area contributed by atoms with Gasteiger partial charge in [-0.3, -0.25) is 4.79 Å².